The number of nitrogens with zero attached hydrogens (tertiary/aromatic N) is 2. The Balaban J connectivity index is 2.97. The van der Waals surface area contributed by atoms with Gasteiger partial charge in [0.1, 0.15) is 6.04 Å². The molecule has 17 heavy (non-hydrogen) atoms. The summed E-state index contributed by atoms with van der Waals surface area (Å²) in [5.74, 6) is 0.252. The van der Waals surface area contributed by atoms with Crippen LogP contribution in [0.3, 0.4) is 0 Å². The molecule has 1 saturated heterocycles. The van der Waals surface area contributed by atoms with Gasteiger partial charge in [-0.25, -0.2) is 0 Å². The minimum Gasteiger partial charge on any atom is -0.338 e. The molecular weight excluding hydrogens is 214 g/mol. The van der Waals surface area contributed by atoms with Gasteiger partial charge < -0.3 is 10.2 Å². The average Bonchev–Trinajstić information content (AvgIpc) is 2.27. The van der Waals surface area contributed by atoms with Gasteiger partial charge in [-0.05, 0) is 33.4 Å². The Morgan fingerprint density at radius 2 is 2.00 bits per heavy atom. The third kappa shape index (κ3) is 3.42. The van der Waals surface area contributed by atoms with Crippen molar-refractivity contribution in [3.8, 4) is 0 Å². The minimum absolute atomic E-state index is 0.0378. The summed E-state index contributed by atoms with van der Waals surface area (Å²) >= 11 is 0. The normalized spacial score (nSPS) is 26.4. The highest BCUT2D eigenvalue weighted by molar-refractivity contribution is 5.82. The topological polar surface area (TPSA) is 35.6 Å². The van der Waals surface area contributed by atoms with Gasteiger partial charge in [-0.3, -0.25) is 9.69 Å². The molecule has 1 atom stereocenters. The van der Waals surface area contributed by atoms with Gasteiger partial charge in [-0.15, -0.1) is 0 Å². The maximum absolute atomic E-state index is 12.5. The first-order valence-electron chi connectivity index (χ1n) is 6.44. The summed E-state index contributed by atoms with van der Waals surface area (Å²) in [6.45, 7) is 11.2. The molecule has 1 fully saturated rings. The van der Waals surface area contributed by atoms with Gasteiger partial charge in [-0.1, -0.05) is 13.8 Å². The molecule has 1 rings (SSSR count). The van der Waals surface area contributed by atoms with Crippen LogP contribution in [0.1, 0.15) is 27.7 Å². The Morgan fingerprint density at radius 1 is 1.41 bits per heavy atom. The van der Waals surface area contributed by atoms with Crippen LogP contribution >= 0.6 is 0 Å². The number of hydrogen-bond donors (Lipinski definition) is 1. The molecule has 0 aromatic carbocycles. The first-order chi connectivity index (χ1) is 7.78. The van der Waals surface area contributed by atoms with E-state index in [9.17, 15) is 4.79 Å². The molecule has 4 heteroatoms. The lowest BCUT2D eigenvalue weighted by molar-refractivity contribution is -0.136. The molecule has 4 nitrogen and oxygen atoms in total. The molecule has 0 radical (unpaired) electrons. The fourth-order valence-electron chi connectivity index (χ4n) is 2.63. The lowest BCUT2D eigenvalue weighted by atomic mass is 9.92. The van der Waals surface area contributed by atoms with E-state index >= 15 is 0 Å². The summed E-state index contributed by atoms with van der Waals surface area (Å²) in [6.07, 6.45) is 0. The van der Waals surface area contributed by atoms with Crippen LogP contribution in [0.2, 0.25) is 0 Å². The van der Waals surface area contributed by atoms with Gasteiger partial charge in [0.2, 0.25) is 5.91 Å². The largest absolute Gasteiger partial charge is 0.338 e. The lowest BCUT2D eigenvalue weighted by Gasteiger charge is -2.32. The molecule has 0 saturated carbocycles. The Labute approximate surface area is 105 Å². The van der Waals surface area contributed by atoms with E-state index in [4.69, 9.17) is 0 Å². The summed E-state index contributed by atoms with van der Waals surface area (Å²) in [4.78, 5) is 16.7. The van der Waals surface area contributed by atoms with E-state index in [1.54, 1.807) is 0 Å². The van der Waals surface area contributed by atoms with Crippen molar-refractivity contribution >= 4 is 5.91 Å². The standard InChI is InChI=1S/C13H27N3O/c1-10(2)16-9-13(3,4)8-15(6)11(7-14-5)12(16)17/h10-11,14H,7-9H2,1-6H3. The molecule has 1 N–H and O–H groups in total. The molecular formula is C13H27N3O. The second-order valence-electron chi connectivity index (χ2n) is 6.21. The van der Waals surface area contributed by atoms with E-state index in [-0.39, 0.29) is 23.4 Å². The van der Waals surface area contributed by atoms with Crippen molar-refractivity contribution < 1.29 is 4.79 Å². The first kappa shape index (κ1) is 14.5. The SMILES string of the molecule is CNCC1C(=O)N(C(C)C)CC(C)(C)CN1C. The van der Waals surface area contributed by atoms with Crippen molar-refractivity contribution in [3.05, 3.63) is 0 Å². The zero-order valence-corrected chi connectivity index (χ0v) is 12.1. The molecule has 0 spiro atoms. The molecule has 1 heterocycles. The van der Waals surface area contributed by atoms with Crippen LogP contribution in [0.5, 0.6) is 0 Å². The molecule has 0 aromatic rings. The number of carbonyl (C=O) groups excluding carboxylic acids is 1. The predicted molar refractivity (Wildman–Crippen MR) is 71.0 cm³/mol. The van der Waals surface area contributed by atoms with Crippen molar-refractivity contribution in [1.29, 1.82) is 0 Å². The molecule has 0 bridgehead atoms. The van der Waals surface area contributed by atoms with Gasteiger partial charge in [-0.2, -0.15) is 0 Å². The second-order valence-corrected chi connectivity index (χ2v) is 6.21. The van der Waals surface area contributed by atoms with E-state index in [1.807, 2.05) is 19.0 Å². The van der Waals surface area contributed by atoms with Crippen molar-refractivity contribution in [1.82, 2.24) is 15.1 Å². The predicted octanol–water partition coefficient (Wildman–Crippen LogP) is 0.783. The number of likely N-dealkylation sites (N-methyl/N-ethyl adjacent to an activating group) is 2. The fourth-order valence-corrected chi connectivity index (χ4v) is 2.63. The van der Waals surface area contributed by atoms with E-state index in [0.29, 0.717) is 6.54 Å². The van der Waals surface area contributed by atoms with Crippen molar-refractivity contribution in [2.75, 3.05) is 33.7 Å². The zero-order chi connectivity index (χ0) is 13.2. The van der Waals surface area contributed by atoms with E-state index < -0.39 is 0 Å². The Kier molecular flexibility index (Phi) is 4.55. The molecule has 1 aliphatic rings. The average molecular weight is 241 g/mol. The summed E-state index contributed by atoms with van der Waals surface area (Å²) < 4.78 is 0. The monoisotopic (exact) mass is 241 g/mol. The number of nitrogens with one attached hydrogen (secondary N) is 1. The first-order valence-corrected chi connectivity index (χ1v) is 6.44. The Morgan fingerprint density at radius 3 is 2.47 bits per heavy atom. The maximum Gasteiger partial charge on any atom is 0.241 e. The van der Waals surface area contributed by atoms with E-state index in [0.717, 1.165) is 13.1 Å². The van der Waals surface area contributed by atoms with Gasteiger partial charge >= 0.3 is 0 Å². The molecule has 1 aliphatic heterocycles. The molecule has 1 amide bonds. The number of amides is 1. The van der Waals surface area contributed by atoms with Crippen LogP contribution in [0.25, 0.3) is 0 Å². The van der Waals surface area contributed by atoms with E-state index in [1.165, 1.54) is 0 Å². The van der Waals surface area contributed by atoms with Crippen molar-refractivity contribution in [2.45, 2.75) is 39.8 Å². The number of hydrogen-bond acceptors (Lipinski definition) is 3. The number of rotatable bonds is 3. The van der Waals surface area contributed by atoms with Gasteiger partial charge in [0.15, 0.2) is 0 Å². The van der Waals surface area contributed by atoms with Crippen LogP contribution in [-0.2, 0) is 4.79 Å². The van der Waals surface area contributed by atoms with E-state index in [2.05, 4.69) is 37.9 Å². The zero-order valence-electron chi connectivity index (χ0n) is 12.1. The van der Waals surface area contributed by atoms with Gasteiger partial charge in [0, 0.05) is 25.7 Å². The van der Waals surface area contributed by atoms with Gasteiger partial charge in [0.25, 0.3) is 0 Å². The quantitative estimate of drug-likeness (QED) is 0.793. The highest BCUT2D eigenvalue weighted by atomic mass is 16.2. The summed E-state index contributed by atoms with van der Waals surface area (Å²) in [7, 11) is 3.95. The molecule has 0 aromatic heterocycles. The maximum atomic E-state index is 12.5. The van der Waals surface area contributed by atoms with Crippen LogP contribution in [0.15, 0.2) is 0 Å². The highest BCUT2D eigenvalue weighted by Gasteiger charge is 2.38. The van der Waals surface area contributed by atoms with Crippen LogP contribution in [0, 0.1) is 5.41 Å². The molecule has 0 aliphatic carbocycles. The van der Waals surface area contributed by atoms with Gasteiger partial charge in [0.05, 0.1) is 0 Å². The fraction of sp³-hybridized carbons (Fsp3) is 0.923. The van der Waals surface area contributed by atoms with Crippen molar-refractivity contribution in [2.24, 2.45) is 5.41 Å². The van der Waals surface area contributed by atoms with Crippen LogP contribution in [0.4, 0.5) is 0 Å². The highest BCUT2D eigenvalue weighted by Crippen LogP contribution is 2.25. The summed E-state index contributed by atoms with van der Waals surface area (Å²) in [5.41, 5.74) is 0.150. The third-order valence-corrected chi connectivity index (χ3v) is 3.40. The minimum atomic E-state index is -0.0378. The van der Waals surface area contributed by atoms with Crippen molar-refractivity contribution in [3.63, 3.8) is 0 Å². The van der Waals surface area contributed by atoms with Crippen LogP contribution in [-0.4, -0.2) is 61.5 Å². The molecule has 1 unspecified atom stereocenters. The summed E-state index contributed by atoms with van der Waals surface area (Å²) in [5, 5.41) is 3.12. The Bertz CT molecular complexity index is 276. The summed E-state index contributed by atoms with van der Waals surface area (Å²) in [6, 6.07) is 0.233. The smallest absolute Gasteiger partial charge is 0.241 e. The third-order valence-electron chi connectivity index (χ3n) is 3.40. The number of carbonyl (C=O) groups is 1. The second kappa shape index (κ2) is 5.36. The Hall–Kier alpha value is -0.610. The van der Waals surface area contributed by atoms with Crippen LogP contribution < -0.4 is 5.32 Å². The molecule has 100 valence electrons. The lowest BCUT2D eigenvalue weighted by Crippen LogP contribution is -2.50.